The highest BCUT2D eigenvalue weighted by molar-refractivity contribution is 5.70. The van der Waals surface area contributed by atoms with Gasteiger partial charge in [-0.3, -0.25) is 9.59 Å². The minimum Gasteiger partial charge on any atom is -0.462 e. The van der Waals surface area contributed by atoms with E-state index in [1.165, 1.54) is 250 Å². The van der Waals surface area contributed by atoms with Crippen LogP contribution in [0.5, 0.6) is 0 Å². The number of hydrogen-bond donors (Lipinski definition) is 1. The van der Waals surface area contributed by atoms with Crippen molar-refractivity contribution in [2.75, 3.05) is 13.2 Å². The van der Waals surface area contributed by atoms with Gasteiger partial charge in [-0.1, -0.05) is 319 Å². The highest BCUT2D eigenvalue weighted by Crippen LogP contribution is 2.18. The van der Waals surface area contributed by atoms with Crippen LogP contribution in [0.2, 0.25) is 0 Å². The van der Waals surface area contributed by atoms with Gasteiger partial charge in [-0.2, -0.15) is 0 Å². The molecule has 1 N–H and O–H groups in total. The fourth-order valence-electron chi connectivity index (χ4n) is 9.49. The average Bonchev–Trinajstić information content (AvgIpc) is 3.36. The van der Waals surface area contributed by atoms with Crippen LogP contribution in [0, 0.1) is 0 Å². The van der Waals surface area contributed by atoms with Gasteiger partial charge in [-0.05, 0) is 51.4 Å². The summed E-state index contributed by atoms with van der Waals surface area (Å²) in [6, 6.07) is 0. The summed E-state index contributed by atoms with van der Waals surface area (Å²) >= 11 is 0. The highest BCUT2D eigenvalue weighted by atomic mass is 16.6. The summed E-state index contributed by atoms with van der Waals surface area (Å²) in [5, 5.41) is 9.68. The van der Waals surface area contributed by atoms with E-state index in [-0.39, 0.29) is 25.2 Å². The lowest BCUT2D eigenvalue weighted by atomic mass is 10.0. The van der Waals surface area contributed by atoms with E-state index in [4.69, 9.17) is 9.47 Å². The Balaban J connectivity index is 3.42. The molecule has 0 aliphatic carbocycles. The molecule has 70 heavy (non-hydrogen) atoms. The van der Waals surface area contributed by atoms with E-state index in [1.807, 2.05) is 0 Å². The van der Waals surface area contributed by atoms with E-state index in [0.717, 1.165) is 57.8 Å². The van der Waals surface area contributed by atoms with Gasteiger partial charge in [-0.15, -0.1) is 0 Å². The molecule has 0 bridgehead atoms. The Morgan fingerprint density at radius 2 is 0.614 bits per heavy atom. The van der Waals surface area contributed by atoms with Crippen molar-refractivity contribution in [1.29, 1.82) is 0 Å². The van der Waals surface area contributed by atoms with Crippen LogP contribution >= 0.6 is 0 Å². The molecule has 1 unspecified atom stereocenters. The number of allylic oxidation sites excluding steroid dienone is 8. The minimum absolute atomic E-state index is 0.0616. The van der Waals surface area contributed by atoms with E-state index in [0.29, 0.717) is 12.8 Å². The SMILES string of the molecule is CC/C=C\C/C=C\C/C=C\C/C=C\CCCCCCCCCCCCCCCCC(=O)OC(CO)COC(=O)CCCCCCCCCCCCCCCCCCCCCCCCCCCCCCC. The standard InChI is InChI=1S/C65H120O5/c1-3-5-7-9-11-13-15-17-19-21-23-25-27-29-31-32-34-35-37-39-41-43-45-47-49-51-53-55-57-59-64(67)69-62-63(61-66)70-65(68)60-58-56-54-52-50-48-46-44-42-40-38-36-33-30-28-26-24-22-20-18-16-14-12-10-8-6-4-2/h6,8,12,14,18,20,24,26,63,66H,3-5,7,9-11,13,15-17,19,21-23,25,27-62H2,1-2H3/b8-6-,14-12-,20-18-,26-24-. The van der Waals surface area contributed by atoms with Gasteiger partial charge in [0.05, 0.1) is 6.61 Å². The van der Waals surface area contributed by atoms with Crippen LogP contribution in [-0.4, -0.2) is 36.4 Å². The second-order valence-corrected chi connectivity index (χ2v) is 21.1. The third-order valence-electron chi connectivity index (χ3n) is 14.1. The van der Waals surface area contributed by atoms with Gasteiger partial charge in [0.15, 0.2) is 6.10 Å². The van der Waals surface area contributed by atoms with Crippen molar-refractivity contribution in [2.45, 2.75) is 341 Å². The summed E-state index contributed by atoms with van der Waals surface area (Å²) < 4.78 is 10.7. The Hall–Kier alpha value is -2.14. The smallest absolute Gasteiger partial charge is 0.306 e. The van der Waals surface area contributed by atoms with Crippen LogP contribution in [0.4, 0.5) is 0 Å². The molecule has 0 aliphatic heterocycles. The van der Waals surface area contributed by atoms with Crippen LogP contribution in [0.3, 0.4) is 0 Å². The van der Waals surface area contributed by atoms with Gasteiger partial charge in [0.1, 0.15) is 6.61 Å². The Labute approximate surface area is 437 Å². The van der Waals surface area contributed by atoms with Gasteiger partial charge in [0.25, 0.3) is 0 Å². The van der Waals surface area contributed by atoms with Crippen LogP contribution in [0.25, 0.3) is 0 Å². The molecular formula is C65H120O5. The Bertz CT molecular complexity index is 1150. The number of aliphatic hydroxyl groups excluding tert-OH is 1. The molecule has 0 amide bonds. The Morgan fingerprint density at radius 1 is 0.343 bits per heavy atom. The molecule has 1 atom stereocenters. The summed E-state index contributed by atoms with van der Waals surface area (Å²) in [4.78, 5) is 24.6. The number of aliphatic hydroxyl groups is 1. The second kappa shape index (κ2) is 61.2. The number of carbonyl (C=O) groups excluding carboxylic acids is 2. The maximum Gasteiger partial charge on any atom is 0.306 e. The van der Waals surface area contributed by atoms with Crippen molar-refractivity contribution in [3.05, 3.63) is 48.6 Å². The largest absolute Gasteiger partial charge is 0.462 e. The van der Waals surface area contributed by atoms with Gasteiger partial charge in [0.2, 0.25) is 0 Å². The zero-order chi connectivity index (χ0) is 50.6. The first-order valence-electron chi connectivity index (χ1n) is 31.2. The van der Waals surface area contributed by atoms with Gasteiger partial charge in [0, 0.05) is 12.8 Å². The maximum absolute atomic E-state index is 12.3. The van der Waals surface area contributed by atoms with Crippen LogP contribution in [0.1, 0.15) is 335 Å². The summed E-state index contributed by atoms with van der Waals surface area (Å²) in [7, 11) is 0. The van der Waals surface area contributed by atoms with Crippen molar-refractivity contribution in [1.82, 2.24) is 0 Å². The first-order chi connectivity index (χ1) is 34.6. The number of carbonyl (C=O) groups is 2. The fourth-order valence-corrected chi connectivity index (χ4v) is 9.49. The summed E-state index contributed by atoms with van der Waals surface area (Å²) in [6.07, 6.45) is 81.2. The Kier molecular flexibility index (Phi) is 59.3. The third-order valence-corrected chi connectivity index (χ3v) is 14.1. The minimum atomic E-state index is -0.772. The molecule has 0 spiro atoms. The number of hydrogen-bond acceptors (Lipinski definition) is 5. The van der Waals surface area contributed by atoms with E-state index in [1.54, 1.807) is 0 Å². The molecule has 0 fully saturated rings. The van der Waals surface area contributed by atoms with Crippen molar-refractivity contribution in [3.8, 4) is 0 Å². The molecule has 0 rings (SSSR count). The maximum atomic E-state index is 12.3. The van der Waals surface area contributed by atoms with Gasteiger partial charge < -0.3 is 14.6 Å². The van der Waals surface area contributed by atoms with E-state index in [2.05, 4.69) is 62.5 Å². The molecular weight excluding hydrogens is 861 g/mol. The molecule has 0 aromatic heterocycles. The number of esters is 2. The average molecular weight is 982 g/mol. The molecule has 0 heterocycles. The number of ether oxygens (including phenoxy) is 2. The van der Waals surface area contributed by atoms with Crippen molar-refractivity contribution < 1.29 is 24.2 Å². The monoisotopic (exact) mass is 981 g/mol. The Morgan fingerprint density at radius 3 is 0.929 bits per heavy atom. The molecule has 0 radical (unpaired) electrons. The predicted molar refractivity (Wildman–Crippen MR) is 307 cm³/mol. The molecule has 0 saturated heterocycles. The summed E-state index contributed by atoms with van der Waals surface area (Å²) in [5.74, 6) is -0.573. The van der Waals surface area contributed by atoms with Gasteiger partial charge in [-0.25, -0.2) is 0 Å². The van der Waals surface area contributed by atoms with Crippen LogP contribution in [0.15, 0.2) is 48.6 Å². The second-order valence-electron chi connectivity index (χ2n) is 21.1. The molecule has 5 nitrogen and oxygen atoms in total. The number of unbranched alkanes of at least 4 members (excludes halogenated alkanes) is 42. The lowest BCUT2D eigenvalue weighted by molar-refractivity contribution is -0.161. The van der Waals surface area contributed by atoms with Crippen molar-refractivity contribution in [2.24, 2.45) is 0 Å². The molecule has 0 aliphatic rings. The summed E-state index contributed by atoms with van der Waals surface area (Å²) in [6.45, 7) is 4.08. The molecule has 0 aromatic carbocycles. The quantitative estimate of drug-likeness (QED) is 0.0373. The zero-order valence-electron chi connectivity index (χ0n) is 47.0. The zero-order valence-corrected chi connectivity index (χ0v) is 47.0. The fraction of sp³-hybridized carbons (Fsp3) is 0.846. The molecule has 410 valence electrons. The van der Waals surface area contributed by atoms with Gasteiger partial charge >= 0.3 is 11.9 Å². The lowest BCUT2D eigenvalue weighted by Gasteiger charge is -2.15. The first kappa shape index (κ1) is 67.9. The van der Waals surface area contributed by atoms with Crippen LogP contribution < -0.4 is 0 Å². The van der Waals surface area contributed by atoms with Crippen molar-refractivity contribution in [3.63, 3.8) is 0 Å². The van der Waals surface area contributed by atoms with Crippen LogP contribution in [-0.2, 0) is 19.1 Å². The molecule has 0 saturated carbocycles. The topological polar surface area (TPSA) is 72.8 Å². The number of rotatable bonds is 58. The lowest BCUT2D eigenvalue weighted by Crippen LogP contribution is -2.28. The van der Waals surface area contributed by atoms with E-state index in [9.17, 15) is 14.7 Å². The van der Waals surface area contributed by atoms with Crippen molar-refractivity contribution >= 4 is 11.9 Å². The first-order valence-corrected chi connectivity index (χ1v) is 31.2. The van der Waals surface area contributed by atoms with E-state index < -0.39 is 6.10 Å². The molecule has 5 heteroatoms. The summed E-state index contributed by atoms with van der Waals surface area (Å²) in [5.41, 5.74) is 0. The highest BCUT2D eigenvalue weighted by Gasteiger charge is 2.16. The predicted octanol–water partition coefficient (Wildman–Crippen LogP) is 21.2. The normalized spacial score (nSPS) is 12.4. The molecule has 0 aromatic rings. The van der Waals surface area contributed by atoms with E-state index >= 15 is 0 Å². The third kappa shape index (κ3) is 58.4.